The minimum atomic E-state index is -0.539. The summed E-state index contributed by atoms with van der Waals surface area (Å²) in [4.78, 5) is 29.4. The van der Waals surface area contributed by atoms with Gasteiger partial charge in [-0.05, 0) is 24.3 Å². The highest BCUT2D eigenvalue weighted by molar-refractivity contribution is 6.36. The number of nitro benzene ring substituents is 1. The largest absolute Gasteiger partial charge is 0.448 e. The minimum absolute atomic E-state index is 0. The van der Waals surface area contributed by atoms with Crippen LogP contribution >= 0.6 is 24.0 Å². The van der Waals surface area contributed by atoms with Crippen LogP contribution in [0.5, 0.6) is 11.5 Å². The SMILES string of the molecule is CN=C(N)NC(=O)c1cc2c(Cl)ccc(Oc3ccccc3[N+](=O)[O-])c2[nH]1.Cl. The number of aliphatic imine (C=N–C) groups is 1. The van der Waals surface area contributed by atoms with Crippen molar-refractivity contribution in [3.63, 3.8) is 0 Å². The van der Waals surface area contributed by atoms with Gasteiger partial charge in [0.25, 0.3) is 5.91 Å². The highest BCUT2D eigenvalue weighted by Gasteiger charge is 2.19. The molecule has 0 atom stereocenters. The Labute approximate surface area is 170 Å². The van der Waals surface area contributed by atoms with Gasteiger partial charge in [0, 0.05) is 18.5 Å². The van der Waals surface area contributed by atoms with Crippen molar-refractivity contribution in [2.45, 2.75) is 0 Å². The number of carbonyl (C=O) groups is 1. The number of aromatic nitrogens is 1. The number of para-hydroxylation sites is 2. The van der Waals surface area contributed by atoms with E-state index in [2.05, 4.69) is 15.3 Å². The molecule has 146 valence electrons. The summed E-state index contributed by atoms with van der Waals surface area (Å²) in [7, 11) is 1.44. The summed E-state index contributed by atoms with van der Waals surface area (Å²) < 4.78 is 5.72. The van der Waals surface area contributed by atoms with E-state index < -0.39 is 10.8 Å². The van der Waals surface area contributed by atoms with Crippen molar-refractivity contribution in [3.8, 4) is 11.5 Å². The van der Waals surface area contributed by atoms with Gasteiger partial charge in [0.15, 0.2) is 11.7 Å². The number of ether oxygens (including phenoxy) is 1. The quantitative estimate of drug-likeness (QED) is 0.254. The number of H-pyrrole nitrogens is 1. The Hall–Kier alpha value is -3.30. The fourth-order valence-electron chi connectivity index (χ4n) is 2.42. The molecule has 3 rings (SSSR count). The average molecular weight is 424 g/mol. The molecule has 9 nitrogen and oxygen atoms in total. The number of guanidine groups is 1. The number of nitrogens with zero attached hydrogens (tertiary/aromatic N) is 2. The number of nitrogens with one attached hydrogen (secondary N) is 2. The average Bonchev–Trinajstić information content (AvgIpc) is 3.11. The molecular formula is C17H15Cl2N5O4. The number of amides is 1. The number of benzene rings is 2. The monoisotopic (exact) mass is 423 g/mol. The fraction of sp³-hybridized carbons (Fsp3) is 0.0588. The van der Waals surface area contributed by atoms with Crippen molar-refractivity contribution in [1.82, 2.24) is 10.3 Å². The normalized spacial score (nSPS) is 11.0. The van der Waals surface area contributed by atoms with Gasteiger partial charge >= 0.3 is 5.69 Å². The molecule has 11 heteroatoms. The molecule has 0 radical (unpaired) electrons. The van der Waals surface area contributed by atoms with Crippen molar-refractivity contribution in [3.05, 3.63) is 63.3 Å². The molecular weight excluding hydrogens is 409 g/mol. The van der Waals surface area contributed by atoms with Gasteiger partial charge in [0.05, 0.1) is 15.5 Å². The molecule has 3 aromatic rings. The van der Waals surface area contributed by atoms with E-state index in [1.165, 1.54) is 25.2 Å². The Morgan fingerprint density at radius 1 is 1.29 bits per heavy atom. The molecule has 1 heterocycles. The zero-order valence-electron chi connectivity index (χ0n) is 14.4. The Bertz CT molecular complexity index is 1080. The molecule has 0 saturated carbocycles. The van der Waals surface area contributed by atoms with Crippen LogP contribution in [0.2, 0.25) is 5.02 Å². The second kappa shape index (κ2) is 8.59. The third-order valence-corrected chi connectivity index (χ3v) is 4.04. The molecule has 0 fully saturated rings. The lowest BCUT2D eigenvalue weighted by molar-refractivity contribution is -0.385. The van der Waals surface area contributed by atoms with Crippen molar-refractivity contribution >= 4 is 52.5 Å². The van der Waals surface area contributed by atoms with E-state index in [4.69, 9.17) is 22.1 Å². The zero-order chi connectivity index (χ0) is 19.6. The van der Waals surface area contributed by atoms with Crippen LogP contribution in [0.25, 0.3) is 10.9 Å². The number of hydrogen-bond acceptors (Lipinski definition) is 5. The summed E-state index contributed by atoms with van der Waals surface area (Å²) in [6.07, 6.45) is 0. The molecule has 2 aromatic carbocycles. The van der Waals surface area contributed by atoms with Crippen molar-refractivity contribution in [2.24, 2.45) is 10.7 Å². The van der Waals surface area contributed by atoms with Gasteiger partial charge in [-0.15, -0.1) is 12.4 Å². The lowest BCUT2D eigenvalue weighted by atomic mass is 10.2. The third kappa shape index (κ3) is 4.16. The third-order valence-electron chi connectivity index (χ3n) is 3.71. The van der Waals surface area contributed by atoms with Crippen molar-refractivity contribution in [1.29, 1.82) is 0 Å². The summed E-state index contributed by atoms with van der Waals surface area (Å²) in [6.45, 7) is 0. The van der Waals surface area contributed by atoms with Crippen molar-refractivity contribution < 1.29 is 14.5 Å². The molecule has 0 aliphatic heterocycles. The Morgan fingerprint density at radius 3 is 2.68 bits per heavy atom. The number of rotatable bonds is 4. The maximum absolute atomic E-state index is 12.2. The first kappa shape index (κ1) is 21.0. The summed E-state index contributed by atoms with van der Waals surface area (Å²) in [5, 5.41) is 14.5. The standard InChI is InChI=1S/C17H14ClN5O4.ClH/c1-20-17(19)22-16(24)11-8-9-10(18)6-7-14(15(9)21-11)27-13-5-3-2-4-12(13)23(25)26;/h2-8,21H,1H3,(H3,19,20,22,24);1H. The summed E-state index contributed by atoms with van der Waals surface area (Å²) in [5.74, 6) is -0.211. The van der Waals surface area contributed by atoms with Gasteiger partial charge in [0.2, 0.25) is 5.75 Å². The van der Waals surface area contributed by atoms with E-state index in [9.17, 15) is 14.9 Å². The van der Waals surface area contributed by atoms with Crippen LogP contribution in [0.1, 0.15) is 10.5 Å². The number of hydrogen-bond donors (Lipinski definition) is 3. The molecule has 1 amide bonds. The van der Waals surface area contributed by atoms with Crippen LogP contribution in [0, 0.1) is 10.1 Å². The van der Waals surface area contributed by atoms with Crippen LogP contribution in [0.15, 0.2) is 47.5 Å². The van der Waals surface area contributed by atoms with E-state index >= 15 is 0 Å². The summed E-state index contributed by atoms with van der Waals surface area (Å²) in [6, 6.07) is 10.6. The molecule has 0 unspecified atom stereocenters. The number of carbonyl (C=O) groups excluding carboxylic acids is 1. The first-order valence-electron chi connectivity index (χ1n) is 7.66. The molecule has 0 aliphatic rings. The van der Waals surface area contributed by atoms with Gasteiger partial charge in [0.1, 0.15) is 5.69 Å². The maximum Gasteiger partial charge on any atom is 0.311 e. The number of aromatic amines is 1. The van der Waals surface area contributed by atoms with Crippen LogP contribution in [-0.4, -0.2) is 28.8 Å². The maximum atomic E-state index is 12.2. The van der Waals surface area contributed by atoms with E-state index in [-0.39, 0.29) is 41.2 Å². The van der Waals surface area contributed by atoms with Crippen molar-refractivity contribution in [2.75, 3.05) is 7.05 Å². The lowest BCUT2D eigenvalue weighted by Crippen LogP contribution is -2.36. The molecule has 0 saturated heterocycles. The van der Waals surface area contributed by atoms with Gasteiger partial charge < -0.3 is 15.5 Å². The lowest BCUT2D eigenvalue weighted by Gasteiger charge is -2.08. The summed E-state index contributed by atoms with van der Waals surface area (Å²) >= 11 is 6.20. The number of nitrogens with two attached hydrogens (primary N) is 1. The fourth-order valence-corrected chi connectivity index (χ4v) is 2.63. The van der Waals surface area contributed by atoms with Crippen LogP contribution in [-0.2, 0) is 0 Å². The summed E-state index contributed by atoms with van der Waals surface area (Å²) in [5.41, 5.74) is 5.91. The van der Waals surface area contributed by atoms with Crippen LogP contribution in [0.3, 0.4) is 0 Å². The number of nitro groups is 1. The Balaban J connectivity index is 0.00000280. The highest BCUT2D eigenvalue weighted by Crippen LogP contribution is 2.37. The minimum Gasteiger partial charge on any atom is -0.448 e. The Kier molecular flexibility index (Phi) is 6.45. The zero-order valence-corrected chi connectivity index (χ0v) is 16.0. The second-order valence-corrected chi connectivity index (χ2v) is 5.81. The molecule has 4 N–H and O–H groups in total. The van der Waals surface area contributed by atoms with E-state index in [0.29, 0.717) is 15.9 Å². The predicted octanol–water partition coefficient (Wildman–Crippen LogP) is 3.62. The smallest absolute Gasteiger partial charge is 0.311 e. The molecule has 0 spiro atoms. The highest BCUT2D eigenvalue weighted by atomic mass is 35.5. The van der Waals surface area contributed by atoms with Gasteiger partial charge in [-0.3, -0.25) is 25.2 Å². The first-order chi connectivity index (χ1) is 12.9. The van der Waals surface area contributed by atoms with Gasteiger partial charge in [-0.2, -0.15) is 0 Å². The van der Waals surface area contributed by atoms with E-state index in [1.54, 1.807) is 24.3 Å². The first-order valence-corrected chi connectivity index (χ1v) is 8.04. The van der Waals surface area contributed by atoms with E-state index in [0.717, 1.165) is 0 Å². The van der Waals surface area contributed by atoms with Crippen LogP contribution < -0.4 is 15.8 Å². The predicted molar refractivity (Wildman–Crippen MR) is 109 cm³/mol. The number of halogens is 2. The molecule has 0 bridgehead atoms. The Morgan fingerprint density at radius 2 is 2.00 bits per heavy atom. The molecule has 1 aromatic heterocycles. The van der Waals surface area contributed by atoms with Gasteiger partial charge in [-0.25, -0.2) is 0 Å². The molecule has 28 heavy (non-hydrogen) atoms. The van der Waals surface area contributed by atoms with Crippen LogP contribution in [0.4, 0.5) is 5.69 Å². The molecule has 0 aliphatic carbocycles. The number of fused-ring (bicyclic) bond motifs is 1. The topological polar surface area (TPSA) is 136 Å². The van der Waals surface area contributed by atoms with E-state index in [1.807, 2.05) is 0 Å². The second-order valence-electron chi connectivity index (χ2n) is 5.41. The van der Waals surface area contributed by atoms with Gasteiger partial charge in [-0.1, -0.05) is 23.7 Å².